The van der Waals surface area contributed by atoms with E-state index >= 15 is 0 Å². The summed E-state index contributed by atoms with van der Waals surface area (Å²) in [7, 11) is 0. The van der Waals surface area contributed by atoms with Gasteiger partial charge < -0.3 is 15.8 Å². The summed E-state index contributed by atoms with van der Waals surface area (Å²) in [6.07, 6.45) is 0.472. The van der Waals surface area contributed by atoms with Crippen molar-refractivity contribution in [2.75, 3.05) is 13.2 Å². The van der Waals surface area contributed by atoms with Crippen molar-refractivity contribution in [1.29, 1.82) is 0 Å². The minimum absolute atomic E-state index is 0.0687. The number of rotatable bonds is 4. The fourth-order valence-electron chi connectivity index (χ4n) is 2.71. The van der Waals surface area contributed by atoms with Crippen LogP contribution in [-0.2, 0) is 4.79 Å². The number of hydrogen-bond acceptors (Lipinski definition) is 3. The lowest BCUT2D eigenvalue weighted by atomic mass is 9.89. The van der Waals surface area contributed by atoms with Crippen molar-refractivity contribution in [1.82, 2.24) is 5.32 Å². The quantitative estimate of drug-likeness (QED) is 0.898. The van der Waals surface area contributed by atoms with Crippen LogP contribution < -0.4 is 15.8 Å². The van der Waals surface area contributed by atoms with Crippen LogP contribution in [0.25, 0.3) is 0 Å². The average Bonchev–Trinajstić information content (AvgIpc) is 2.80. The summed E-state index contributed by atoms with van der Waals surface area (Å²) in [5, 5.41) is 3.54. The molecule has 2 unspecified atom stereocenters. The van der Waals surface area contributed by atoms with Crippen LogP contribution in [0.5, 0.6) is 5.75 Å². The Bertz CT molecular complexity index is 529. The van der Waals surface area contributed by atoms with E-state index in [1.54, 1.807) is 0 Å². The van der Waals surface area contributed by atoms with Crippen LogP contribution in [0.3, 0.4) is 0 Å². The molecule has 1 saturated heterocycles. The van der Waals surface area contributed by atoms with Crippen LogP contribution in [-0.4, -0.2) is 19.1 Å². The van der Waals surface area contributed by atoms with Gasteiger partial charge in [-0.1, -0.05) is 11.6 Å². The molecule has 20 heavy (non-hydrogen) atoms. The lowest BCUT2D eigenvalue weighted by Gasteiger charge is -2.23. The molecular formula is C15H21ClN2O2. The Morgan fingerprint density at radius 1 is 1.60 bits per heavy atom. The predicted octanol–water partition coefficient (Wildman–Crippen LogP) is 2.67. The highest BCUT2D eigenvalue weighted by atomic mass is 35.5. The third-order valence-corrected chi connectivity index (χ3v) is 4.11. The molecule has 1 fully saturated rings. The van der Waals surface area contributed by atoms with Crippen molar-refractivity contribution in [2.45, 2.75) is 39.2 Å². The number of nitrogens with one attached hydrogen (secondary N) is 1. The number of carbonyl (C=O) groups excluding carboxylic acids is 1. The Morgan fingerprint density at radius 2 is 2.30 bits per heavy atom. The van der Waals surface area contributed by atoms with E-state index in [4.69, 9.17) is 22.1 Å². The van der Waals surface area contributed by atoms with E-state index in [0.717, 1.165) is 22.4 Å². The van der Waals surface area contributed by atoms with Gasteiger partial charge >= 0.3 is 0 Å². The number of carbonyl (C=O) groups is 1. The number of amides is 1. The minimum Gasteiger partial charge on any atom is -0.493 e. The molecule has 110 valence electrons. The van der Waals surface area contributed by atoms with Crippen LogP contribution >= 0.6 is 11.6 Å². The fraction of sp³-hybridized carbons (Fsp3) is 0.533. The Hall–Kier alpha value is -1.26. The molecule has 1 aliphatic rings. The molecule has 0 saturated carbocycles. The highest BCUT2D eigenvalue weighted by molar-refractivity contribution is 6.31. The van der Waals surface area contributed by atoms with Crippen molar-refractivity contribution in [3.05, 3.63) is 27.8 Å². The Balaban J connectivity index is 2.59. The number of benzene rings is 1. The minimum atomic E-state index is -0.168. The SMILES string of the molecule is CCOc1c(C(C)N)cc(Cl)c(C)c1C1CNC(=O)C1. The summed E-state index contributed by atoms with van der Waals surface area (Å²) in [5.41, 5.74) is 8.93. The second kappa shape index (κ2) is 6.02. The Morgan fingerprint density at radius 3 is 2.80 bits per heavy atom. The van der Waals surface area contributed by atoms with Crippen LogP contribution in [0.4, 0.5) is 0 Å². The van der Waals surface area contributed by atoms with E-state index in [1.807, 2.05) is 26.8 Å². The van der Waals surface area contributed by atoms with Crippen molar-refractivity contribution >= 4 is 17.5 Å². The van der Waals surface area contributed by atoms with Crippen LogP contribution in [0.2, 0.25) is 5.02 Å². The van der Waals surface area contributed by atoms with Crippen molar-refractivity contribution < 1.29 is 9.53 Å². The van der Waals surface area contributed by atoms with Gasteiger partial charge in [0.25, 0.3) is 0 Å². The van der Waals surface area contributed by atoms with Gasteiger partial charge in [-0.2, -0.15) is 0 Å². The first-order valence-corrected chi connectivity index (χ1v) is 7.31. The summed E-state index contributed by atoms with van der Waals surface area (Å²) < 4.78 is 5.84. The molecule has 4 nitrogen and oxygen atoms in total. The maximum atomic E-state index is 11.5. The van der Waals surface area contributed by atoms with E-state index in [0.29, 0.717) is 24.6 Å². The maximum absolute atomic E-state index is 11.5. The van der Waals surface area contributed by atoms with Gasteiger partial charge in [-0.15, -0.1) is 0 Å². The van der Waals surface area contributed by atoms with Crippen LogP contribution in [0.15, 0.2) is 6.07 Å². The highest BCUT2D eigenvalue weighted by Gasteiger charge is 2.30. The normalized spacial score (nSPS) is 19.9. The van der Waals surface area contributed by atoms with Gasteiger partial charge in [0.1, 0.15) is 5.75 Å². The zero-order valence-corrected chi connectivity index (χ0v) is 12.9. The molecule has 0 spiro atoms. The molecule has 1 aromatic rings. The maximum Gasteiger partial charge on any atom is 0.220 e. The highest BCUT2D eigenvalue weighted by Crippen LogP contribution is 2.41. The van der Waals surface area contributed by atoms with Crippen LogP contribution in [0, 0.1) is 6.92 Å². The first kappa shape index (κ1) is 15.1. The van der Waals surface area contributed by atoms with E-state index in [-0.39, 0.29) is 17.9 Å². The summed E-state index contributed by atoms with van der Waals surface area (Å²) >= 11 is 6.33. The fourth-order valence-corrected chi connectivity index (χ4v) is 2.93. The van der Waals surface area contributed by atoms with Gasteiger partial charge in [0.15, 0.2) is 0 Å². The van der Waals surface area contributed by atoms with Gasteiger partial charge in [-0.3, -0.25) is 4.79 Å². The van der Waals surface area contributed by atoms with Gasteiger partial charge in [-0.25, -0.2) is 0 Å². The zero-order valence-electron chi connectivity index (χ0n) is 12.1. The van der Waals surface area contributed by atoms with E-state index in [9.17, 15) is 4.79 Å². The summed E-state index contributed by atoms with van der Waals surface area (Å²) in [6, 6.07) is 1.71. The van der Waals surface area contributed by atoms with Gasteiger partial charge in [0.2, 0.25) is 5.91 Å². The molecule has 2 atom stereocenters. The Labute approximate surface area is 124 Å². The molecule has 0 aliphatic carbocycles. The molecular weight excluding hydrogens is 276 g/mol. The molecule has 1 aromatic carbocycles. The standard InChI is InChI=1S/C15H21ClN2O2/c1-4-20-15-11(9(3)17)6-12(16)8(2)14(15)10-5-13(19)18-7-10/h6,9-10H,4-5,7,17H2,1-3H3,(H,18,19). The van der Waals surface area contributed by atoms with E-state index < -0.39 is 0 Å². The van der Waals surface area contributed by atoms with E-state index in [2.05, 4.69) is 5.32 Å². The molecule has 1 heterocycles. The molecule has 0 bridgehead atoms. The van der Waals surface area contributed by atoms with Gasteiger partial charge in [-0.05, 0) is 32.4 Å². The van der Waals surface area contributed by atoms with Crippen molar-refractivity contribution in [3.63, 3.8) is 0 Å². The van der Waals surface area contributed by atoms with Crippen molar-refractivity contribution in [3.8, 4) is 5.75 Å². The van der Waals surface area contributed by atoms with E-state index in [1.165, 1.54) is 0 Å². The third-order valence-electron chi connectivity index (χ3n) is 3.72. The smallest absolute Gasteiger partial charge is 0.220 e. The summed E-state index contributed by atoms with van der Waals surface area (Å²) in [5.74, 6) is 0.963. The molecule has 1 aliphatic heterocycles. The lowest BCUT2D eigenvalue weighted by Crippen LogP contribution is -2.15. The van der Waals surface area contributed by atoms with Crippen molar-refractivity contribution in [2.24, 2.45) is 5.73 Å². The molecule has 0 aromatic heterocycles. The number of hydrogen-bond donors (Lipinski definition) is 2. The largest absolute Gasteiger partial charge is 0.493 e. The average molecular weight is 297 g/mol. The number of nitrogens with two attached hydrogens (primary N) is 1. The lowest BCUT2D eigenvalue weighted by molar-refractivity contribution is -0.119. The zero-order chi connectivity index (χ0) is 14.9. The molecule has 5 heteroatoms. The van der Waals surface area contributed by atoms with Gasteiger partial charge in [0.05, 0.1) is 6.61 Å². The van der Waals surface area contributed by atoms with Gasteiger partial charge in [0, 0.05) is 41.1 Å². The first-order valence-electron chi connectivity index (χ1n) is 6.93. The second-order valence-electron chi connectivity index (χ2n) is 5.24. The molecule has 0 radical (unpaired) electrons. The number of ether oxygens (including phenoxy) is 1. The number of halogens is 1. The summed E-state index contributed by atoms with van der Waals surface area (Å²) in [6.45, 7) is 7.00. The molecule has 1 amide bonds. The summed E-state index contributed by atoms with van der Waals surface area (Å²) in [4.78, 5) is 11.5. The van der Waals surface area contributed by atoms with Crippen LogP contribution in [0.1, 0.15) is 48.9 Å². The Kier molecular flexibility index (Phi) is 4.55. The second-order valence-corrected chi connectivity index (χ2v) is 5.65. The molecule has 2 rings (SSSR count). The monoisotopic (exact) mass is 296 g/mol. The topological polar surface area (TPSA) is 64.3 Å². The first-order chi connectivity index (χ1) is 9.45. The molecule has 3 N–H and O–H groups in total. The predicted molar refractivity (Wildman–Crippen MR) is 80.3 cm³/mol. The third kappa shape index (κ3) is 2.76.